The van der Waals surface area contributed by atoms with Gasteiger partial charge in [-0.05, 0) is 37.8 Å². The van der Waals surface area contributed by atoms with Crippen molar-refractivity contribution >= 4 is 11.7 Å². The summed E-state index contributed by atoms with van der Waals surface area (Å²) in [6, 6.07) is 5.90. The molecule has 1 saturated heterocycles. The van der Waals surface area contributed by atoms with E-state index in [1.54, 1.807) is 13.1 Å². The number of aromatic nitrogens is 2. The fourth-order valence-electron chi connectivity index (χ4n) is 3.06. The van der Waals surface area contributed by atoms with Gasteiger partial charge in [-0.15, -0.1) is 0 Å². The molecular weight excluding hydrogens is 308 g/mol. The summed E-state index contributed by atoms with van der Waals surface area (Å²) < 4.78 is 4.99. The highest BCUT2D eigenvalue weighted by molar-refractivity contribution is 5.93. The van der Waals surface area contributed by atoms with Gasteiger partial charge in [0, 0.05) is 25.8 Å². The molecule has 0 saturated carbocycles. The highest BCUT2D eigenvalue weighted by Gasteiger charge is 2.23. The number of nitrogens with zero attached hydrogens (tertiary/aromatic N) is 3. The first-order chi connectivity index (χ1) is 11.7. The van der Waals surface area contributed by atoms with Crippen LogP contribution in [0, 0.1) is 12.8 Å². The molecule has 1 aliphatic heterocycles. The molecule has 1 aliphatic rings. The molecule has 0 spiro atoms. The lowest BCUT2D eigenvalue weighted by atomic mass is 9.98. The number of nitrogens with one attached hydrogen (secondary N) is 1. The smallest absolute Gasteiger partial charge is 0.273 e. The zero-order valence-corrected chi connectivity index (χ0v) is 13.7. The third kappa shape index (κ3) is 3.56. The molecule has 0 aliphatic carbocycles. The number of piperidine rings is 1. The van der Waals surface area contributed by atoms with Gasteiger partial charge in [-0.2, -0.15) is 0 Å². The zero-order valence-electron chi connectivity index (χ0n) is 13.7. The number of carbonyl (C=O) groups is 1. The normalized spacial score (nSPS) is 17.8. The summed E-state index contributed by atoms with van der Waals surface area (Å²) in [5, 5.41) is 16.0. The number of carbonyl (C=O) groups excluding carboxylic acids is 1. The molecule has 0 bridgehead atoms. The Labute approximate surface area is 140 Å². The minimum Gasteiger partial charge on any atom is -0.391 e. The number of aliphatic hydroxyl groups excluding tert-OH is 1. The third-order valence-electron chi connectivity index (χ3n) is 4.40. The second-order valence-electron chi connectivity index (χ2n) is 6.08. The molecule has 0 aromatic carbocycles. The summed E-state index contributed by atoms with van der Waals surface area (Å²) in [7, 11) is 0. The van der Waals surface area contributed by atoms with E-state index in [4.69, 9.17) is 4.52 Å². The highest BCUT2D eigenvalue weighted by Crippen LogP contribution is 2.21. The Morgan fingerprint density at radius 3 is 3.12 bits per heavy atom. The number of aliphatic hydroxyl groups is 1. The molecule has 1 fully saturated rings. The van der Waals surface area contributed by atoms with Gasteiger partial charge in [-0.1, -0.05) is 11.2 Å². The fourth-order valence-corrected chi connectivity index (χ4v) is 3.06. The molecule has 3 heterocycles. The van der Waals surface area contributed by atoms with E-state index in [-0.39, 0.29) is 18.2 Å². The number of aryl methyl sites for hydroxylation is 1. The first-order valence-electron chi connectivity index (χ1n) is 8.19. The van der Waals surface area contributed by atoms with Gasteiger partial charge in [0.25, 0.3) is 5.91 Å². The fraction of sp³-hybridized carbons (Fsp3) is 0.471. The lowest BCUT2D eigenvalue weighted by Crippen LogP contribution is -2.41. The molecule has 7 nitrogen and oxygen atoms in total. The summed E-state index contributed by atoms with van der Waals surface area (Å²) in [5.41, 5.74) is 0.624. The number of rotatable bonds is 5. The summed E-state index contributed by atoms with van der Waals surface area (Å²) >= 11 is 0. The van der Waals surface area contributed by atoms with Crippen molar-refractivity contribution in [2.24, 2.45) is 5.92 Å². The minimum absolute atomic E-state index is 0.174. The van der Waals surface area contributed by atoms with E-state index in [0.717, 1.165) is 31.7 Å². The van der Waals surface area contributed by atoms with Crippen LogP contribution in [0.25, 0.3) is 0 Å². The van der Waals surface area contributed by atoms with Crippen LogP contribution >= 0.6 is 0 Å². The van der Waals surface area contributed by atoms with Gasteiger partial charge in [-0.3, -0.25) is 4.79 Å². The summed E-state index contributed by atoms with van der Waals surface area (Å²) in [5.74, 6) is 1.51. The molecule has 7 heteroatoms. The quantitative estimate of drug-likeness (QED) is 0.863. The second-order valence-corrected chi connectivity index (χ2v) is 6.08. The van der Waals surface area contributed by atoms with Crippen LogP contribution in [-0.4, -0.2) is 40.8 Å². The maximum absolute atomic E-state index is 12.3. The number of hydrogen-bond donors (Lipinski definition) is 2. The third-order valence-corrected chi connectivity index (χ3v) is 4.40. The van der Waals surface area contributed by atoms with E-state index in [1.807, 2.05) is 18.2 Å². The van der Waals surface area contributed by atoms with Gasteiger partial charge in [0.1, 0.15) is 11.6 Å². The van der Waals surface area contributed by atoms with Crippen molar-refractivity contribution in [3.63, 3.8) is 0 Å². The number of hydrogen-bond acceptors (Lipinski definition) is 6. The summed E-state index contributed by atoms with van der Waals surface area (Å²) in [6.07, 6.45) is 3.93. The van der Waals surface area contributed by atoms with Crippen molar-refractivity contribution in [2.75, 3.05) is 24.5 Å². The highest BCUT2D eigenvalue weighted by atomic mass is 16.5. The molecule has 0 radical (unpaired) electrons. The van der Waals surface area contributed by atoms with Gasteiger partial charge in [0.15, 0.2) is 5.69 Å². The van der Waals surface area contributed by atoms with Gasteiger partial charge in [0.05, 0.1) is 12.2 Å². The van der Waals surface area contributed by atoms with Crippen molar-refractivity contribution in [3.8, 4) is 0 Å². The zero-order chi connectivity index (χ0) is 16.9. The summed E-state index contributed by atoms with van der Waals surface area (Å²) in [4.78, 5) is 18.9. The van der Waals surface area contributed by atoms with Crippen LogP contribution < -0.4 is 10.2 Å². The molecule has 3 rings (SSSR count). The molecular formula is C17H22N4O3. The van der Waals surface area contributed by atoms with Crippen LogP contribution in [0.2, 0.25) is 0 Å². The lowest BCUT2D eigenvalue weighted by molar-refractivity contribution is 0.0934. The van der Waals surface area contributed by atoms with E-state index in [0.29, 0.717) is 23.8 Å². The number of pyridine rings is 1. The largest absolute Gasteiger partial charge is 0.391 e. The van der Waals surface area contributed by atoms with E-state index in [1.165, 1.54) is 0 Å². The molecule has 2 aromatic rings. The Bertz CT molecular complexity index is 686. The molecule has 24 heavy (non-hydrogen) atoms. The van der Waals surface area contributed by atoms with E-state index in [2.05, 4.69) is 20.4 Å². The van der Waals surface area contributed by atoms with Crippen molar-refractivity contribution < 1.29 is 14.4 Å². The maximum atomic E-state index is 12.3. The summed E-state index contributed by atoms with van der Waals surface area (Å²) in [6.45, 7) is 3.84. The van der Waals surface area contributed by atoms with Crippen molar-refractivity contribution in [2.45, 2.75) is 26.4 Å². The Hall–Kier alpha value is -2.41. The van der Waals surface area contributed by atoms with Crippen LogP contribution in [0.15, 0.2) is 28.9 Å². The Kier molecular flexibility index (Phi) is 5.10. The van der Waals surface area contributed by atoms with Crippen molar-refractivity contribution in [1.29, 1.82) is 0 Å². The average molecular weight is 330 g/mol. The van der Waals surface area contributed by atoms with Crippen molar-refractivity contribution in [1.82, 2.24) is 15.5 Å². The number of anilines is 1. The minimum atomic E-state index is -0.300. The van der Waals surface area contributed by atoms with Crippen LogP contribution in [-0.2, 0) is 6.61 Å². The second kappa shape index (κ2) is 7.44. The molecule has 2 aromatic heterocycles. The Morgan fingerprint density at radius 1 is 1.50 bits per heavy atom. The standard InChI is InChI=1S/C17H22N4O3/c1-12-14(11-22)16(20-24-12)17(23)19-9-13-5-4-8-21(10-13)15-6-2-3-7-18-15/h2-3,6-7,13,22H,4-5,8-11H2,1H3,(H,19,23). The molecule has 2 N–H and O–H groups in total. The van der Waals surface area contributed by atoms with E-state index in [9.17, 15) is 9.90 Å². The molecule has 1 atom stereocenters. The monoisotopic (exact) mass is 330 g/mol. The van der Waals surface area contributed by atoms with Gasteiger partial charge in [0.2, 0.25) is 0 Å². The lowest BCUT2D eigenvalue weighted by Gasteiger charge is -2.33. The topological polar surface area (TPSA) is 91.5 Å². The van der Waals surface area contributed by atoms with Crippen LogP contribution in [0.4, 0.5) is 5.82 Å². The van der Waals surface area contributed by atoms with Gasteiger partial charge in [-0.25, -0.2) is 4.98 Å². The van der Waals surface area contributed by atoms with E-state index >= 15 is 0 Å². The van der Waals surface area contributed by atoms with Crippen molar-refractivity contribution in [3.05, 3.63) is 41.4 Å². The predicted octanol–water partition coefficient (Wildman–Crippen LogP) is 1.52. The maximum Gasteiger partial charge on any atom is 0.273 e. The average Bonchev–Trinajstić information content (AvgIpc) is 3.01. The number of amides is 1. The first-order valence-corrected chi connectivity index (χ1v) is 8.19. The first kappa shape index (κ1) is 16.4. The van der Waals surface area contributed by atoms with Crippen LogP contribution in [0.1, 0.15) is 34.7 Å². The van der Waals surface area contributed by atoms with Gasteiger partial charge < -0.3 is 19.8 Å². The predicted molar refractivity (Wildman–Crippen MR) is 88.7 cm³/mol. The molecule has 128 valence electrons. The SMILES string of the molecule is Cc1onc(C(=O)NCC2CCCN(c3ccccn3)C2)c1CO. The van der Waals surface area contributed by atoms with E-state index < -0.39 is 0 Å². The Balaban J connectivity index is 1.57. The van der Waals surface area contributed by atoms with Crippen LogP contribution in [0.5, 0.6) is 0 Å². The Morgan fingerprint density at radius 2 is 2.38 bits per heavy atom. The molecule has 1 unspecified atom stereocenters. The van der Waals surface area contributed by atoms with Gasteiger partial charge >= 0.3 is 0 Å². The molecule has 1 amide bonds. The van der Waals surface area contributed by atoms with Crippen LogP contribution in [0.3, 0.4) is 0 Å².